The zero-order valence-corrected chi connectivity index (χ0v) is 17.2. The molecule has 3 atom stereocenters. The van der Waals surface area contributed by atoms with Crippen molar-refractivity contribution in [2.75, 3.05) is 13.1 Å². The smallest absolute Gasteiger partial charge is 0.250 e. The molecule has 2 aliphatic rings. The standard InChI is InChI=1S/C18H24Cl3N3O2/c1-11(2)6-15(25)22-17(18(19,20)21)23-8-12-7-13(10-23)14-4-3-5-16(26)24(14)9-12/h3-5,11-13,17H,6-10H2,1-2H3,(H,22,25). The van der Waals surface area contributed by atoms with Gasteiger partial charge in [0.05, 0.1) is 0 Å². The van der Waals surface area contributed by atoms with Crippen molar-refractivity contribution >= 4 is 40.7 Å². The van der Waals surface area contributed by atoms with Crippen molar-refractivity contribution in [2.24, 2.45) is 11.8 Å². The number of rotatable bonds is 4. The van der Waals surface area contributed by atoms with Gasteiger partial charge in [0.2, 0.25) is 9.70 Å². The van der Waals surface area contributed by atoms with Crippen LogP contribution in [-0.2, 0) is 11.3 Å². The van der Waals surface area contributed by atoms with Crippen LogP contribution in [0.15, 0.2) is 23.0 Å². The van der Waals surface area contributed by atoms with E-state index in [2.05, 4.69) is 5.32 Å². The Labute approximate surface area is 168 Å². The quantitative estimate of drug-likeness (QED) is 0.761. The number of piperidine rings is 1. The lowest BCUT2D eigenvalue weighted by molar-refractivity contribution is -0.124. The third-order valence-corrected chi connectivity index (χ3v) is 5.69. The Hall–Kier alpha value is -0.750. The lowest BCUT2D eigenvalue weighted by Gasteiger charge is -2.47. The molecule has 1 saturated heterocycles. The summed E-state index contributed by atoms with van der Waals surface area (Å²) in [7, 11) is 0. The van der Waals surface area contributed by atoms with Gasteiger partial charge in [-0.2, -0.15) is 0 Å². The van der Waals surface area contributed by atoms with Gasteiger partial charge in [-0.3, -0.25) is 14.5 Å². The topological polar surface area (TPSA) is 54.3 Å². The first-order valence-corrected chi connectivity index (χ1v) is 10.1. The number of aromatic nitrogens is 1. The predicted molar refractivity (Wildman–Crippen MR) is 105 cm³/mol. The number of carbonyl (C=O) groups excluding carboxylic acids is 1. The fraction of sp³-hybridized carbons (Fsp3) is 0.667. The molecule has 0 spiro atoms. The maximum atomic E-state index is 12.3. The number of halogens is 3. The zero-order chi connectivity index (χ0) is 19.1. The monoisotopic (exact) mass is 419 g/mol. The third kappa shape index (κ3) is 4.38. The van der Waals surface area contributed by atoms with E-state index in [1.165, 1.54) is 0 Å². The summed E-state index contributed by atoms with van der Waals surface area (Å²) in [5, 5.41) is 2.91. The molecule has 3 rings (SSSR count). The van der Waals surface area contributed by atoms with E-state index in [1.807, 2.05) is 29.4 Å². The molecule has 8 heteroatoms. The van der Waals surface area contributed by atoms with Crippen LogP contribution in [0.5, 0.6) is 0 Å². The molecule has 0 aromatic carbocycles. The van der Waals surface area contributed by atoms with Gasteiger partial charge in [-0.15, -0.1) is 0 Å². The molecule has 26 heavy (non-hydrogen) atoms. The van der Waals surface area contributed by atoms with Crippen LogP contribution in [-0.4, -0.2) is 38.4 Å². The van der Waals surface area contributed by atoms with Crippen molar-refractivity contribution in [3.8, 4) is 0 Å². The number of nitrogens with one attached hydrogen (secondary N) is 1. The Morgan fingerprint density at radius 2 is 2.00 bits per heavy atom. The summed E-state index contributed by atoms with van der Waals surface area (Å²) in [6.07, 6.45) is 0.703. The molecule has 1 fully saturated rings. The summed E-state index contributed by atoms with van der Waals surface area (Å²) in [6, 6.07) is 5.39. The van der Waals surface area contributed by atoms with E-state index in [0.717, 1.165) is 12.1 Å². The fourth-order valence-corrected chi connectivity index (χ4v) is 4.68. The van der Waals surface area contributed by atoms with Crippen LogP contribution in [0, 0.1) is 11.8 Å². The minimum atomic E-state index is -1.63. The minimum absolute atomic E-state index is 0.0359. The first kappa shape index (κ1) is 20.0. The van der Waals surface area contributed by atoms with E-state index in [4.69, 9.17) is 34.8 Å². The second-order valence-corrected chi connectivity index (χ2v) is 10.1. The third-order valence-electron chi connectivity index (χ3n) is 5.07. The fourth-order valence-electron chi connectivity index (χ4n) is 4.11. The number of nitrogens with zero attached hydrogens (tertiary/aromatic N) is 2. The second kappa shape index (κ2) is 7.70. The molecular weight excluding hydrogens is 397 g/mol. The average molecular weight is 421 g/mol. The number of hydrogen-bond donors (Lipinski definition) is 1. The summed E-state index contributed by atoms with van der Waals surface area (Å²) in [5.41, 5.74) is 1.06. The lowest BCUT2D eigenvalue weighted by atomic mass is 9.83. The first-order valence-electron chi connectivity index (χ1n) is 8.95. The molecule has 5 nitrogen and oxygen atoms in total. The molecule has 2 bridgehead atoms. The highest BCUT2D eigenvalue weighted by Gasteiger charge is 2.44. The van der Waals surface area contributed by atoms with E-state index in [-0.39, 0.29) is 23.3 Å². The largest absolute Gasteiger partial charge is 0.337 e. The first-order chi connectivity index (χ1) is 12.1. The van der Waals surface area contributed by atoms with Crippen LogP contribution in [0.4, 0.5) is 0 Å². The van der Waals surface area contributed by atoms with Crippen molar-refractivity contribution in [3.63, 3.8) is 0 Å². The van der Waals surface area contributed by atoms with Crippen molar-refractivity contribution in [1.82, 2.24) is 14.8 Å². The van der Waals surface area contributed by atoms with Crippen molar-refractivity contribution < 1.29 is 4.79 Å². The SMILES string of the molecule is CC(C)CC(=O)NC(N1CC2CC(C1)c1cccc(=O)n1C2)C(Cl)(Cl)Cl. The molecule has 1 aromatic rings. The Kier molecular flexibility index (Phi) is 5.92. The molecular formula is C18H24Cl3N3O2. The second-order valence-electron chi connectivity index (χ2n) is 7.76. The Balaban J connectivity index is 1.82. The van der Waals surface area contributed by atoms with E-state index in [9.17, 15) is 9.59 Å². The van der Waals surface area contributed by atoms with Gasteiger partial charge < -0.3 is 9.88 Å². The van der Waals surface area contributed by atoms with Crippen LogP contribution < -0.4 is 10.9 Å². The Morgan fingerprint density at radius 3 is 2.65 bits per heavy atom. The number of likely N-dealkylation sites (tertiary alicyclic amines) is 1. The van der Waals surface area contributed by atoms with Gasteiger partial charge in [0.1, 0.15) is 6.17 Å². The number of hydrogen-bond acceptors (Lipinski definition) is 3. The molecule has 1 amide bonds. The Morgan fingerprint density at radius 1 is 1.27 bits per heavy atom. The van der Waals surface area contributed by atoms with E-state index in [0.29, 0.717) is 32.0 Å². The van der Waals surface area contributed by atoms with Crippen molar-refractivity contribution in [2.45, 2.75) is 49.1 Å². The average Bonchev–Trinajstić information content (AvgIpc) is 2.52. The molecule has 3 heterocycles. The van der Waals surface area contributed by atoms with Crippen LogP contribution in [0.2, 0.25) is 0 Å². The Bertz CT molecular complexity index is 729. The van der Waals surface area contributed by atoms with E-state index < -0.39 is 9.96 Å². The maximum Gasteiger partial charge on any atom is 0.250 e. The maximum absolute atomic E-state index is 12.3. The zero-order valence-electron chi connectivity index (χ0n) is 14.9. The highest BCUT2D eigenvalue weighted by Crippen LogP contribution is 2.39. The summed E-state index contributed by atoms with van der Waals surface area (Å²) >= 11 is 18.6. The van der Waals surface area contributed by atoms with Gasteiger partial charge in [-0.1, -0.05) is 54.7 Å². The van der Waals surface area contributed by atoms with Gasteiger partial charge in [0, 0.05) is 43.7 Å². The van der Waals surface area contributed by atoms with Gasteiger partial charge >= 0.3 is 0 Å². The molecule has 1 N–H and O–H groups in total. The van der Waals surface area contributed by atoms with Gasteiger partial charge in [-0.05, 0) is 24.3 Å². The summed E-state index contributed by atoms with van der Waals surface area (Å²) in [5.74, 6) is 0.584. The van der Waals surface area contributed by atoms with Crippen LogP contribution in [0.3, 0.4) is 0 Å². The molecule has 2 aliphatic heterocycles. The van der Waals surface area contributed by atoms with E-state index in [1.54, 1.807) is 12.1 Å². The minimum Gasteiger partial charge on any atom is -0.337 e. The molecule has 1 aromatic heterocycles. The van der Waals surface area contributed by atoms with Crippen molar-refractivity contribution in [3.05, 3.63) is 34.2 Å². The number of amides is 1. The van der Waals surface area contributed by atoms with Gasteiger partial charge in [0.25, 0.3) is 5.56 Å². The lowest BCUT2D eigenvalue weighted by Crippen LogP contribution is -2.60. The normalized spacial score (nSPS) is 24.2. The molecule has 0 aliphatic carbocycles. The van der Waals surface area contributed by atoms with Gasteiger partial charge in [-0.25, -0.2) is 0 Å². The van der Waals surface area contributed by atoms with Crippen LogP contribution in [0.25, 0.3) is 0 Å². The highest BCUT2D eigenvalue weighted by atomic mass is 35.6. The number of carbonyl (C=O) groups is 1. The van der Waals surface area contributed by atoms with Crippen LogP contribution >= 0.6 is 34.8 Å². The highest BCUT2D eigenvalue weighted by molar-refractivity contribution is 6.68. The number of fused-ring (bicyclic) bond motifs is 4. The number of alkyl halides is 3. The summed E-state index contributed by atoms with van der Waals surface area (Å²) < 4.78 is 0.229. The molecule has 144 valence electrons. The molecule has 0 radical (unpaired) electrons. The van der Waals surface area contributed by atoms with E-state index >= 15 is 0 Å². The molecule has 3 unspecified atom stereocenters. The molecule has 0 saturated carbocycles. The van der Waals surface area contributed by atoms with Crippen LogP contribution in [0.1, 0.15) is 38.3 Å². The number of pyridine rings is 1. The predicted octanol–water partition coefficient (Wildman–Crippen LogP) is 3.13. The summed E-state index contributed by atoms with van der Waals surface area (Å²) in [6.45, 7) is 5.93. The summed E-state index contributed by atoms with van der Waals surface area (Å²) in [4.78, 5) is 26.5. The van der Waals surface area contributed by atoms with Crippen molar-refractivity contribution in [1.29, 1.82) is 0 Å². The van der Waals surface area contributed by atoms with Gasteiger partial charge in [0.15, 0.2) is 0 Å².